The second-order valence-corrected chi connectivity index (χ2v) is 5.92. The lowest BCUT2D eigenvalue weighted by molar-refractivity contribution is -0.139. The van der Waals surface area contributed by atoms with Gasteiger partial charge in [0.2, 0.25) is 0 Å². The molecule has 0 aliphatic rings. The number of rotatable bonds is 5. The van der Waals surface area contributed by atoms with Gasteiger partial charge < -0.3 is 10.5 Å². The molecule has 0 fully saturated rings. The van der Waals surface area contributed by atoms with Crippen LogP contribution in [0.1, 0.15) is 11.1 Å². The Bertz CT molecular complexity index is 646. The number of halogens is 1. The van der Waals surface area contributed by atoms with Crippen LogP contribution in [-0.2, 0) is 21.7 Å². The van der Waals surface area contributed by atoms with Crippen molar-refractivity contribution in [1.82, 2.24) is 0 Å². The molecule has 0 saturated heterocycles. The molecule has 3 nitrogen and oxygen atoms in total. The summed E-state index contributed by atoms with van der Waals surface area (Å²) in [5, 5.41) is 0.680. The molecule has 0 saturated carbocycles. The van der Waals surface area contributed by atoms with E-state index in [9.17, 15) is 4.79 Å². The average molecular weight is 322 g/mol. The van der Waals surface area contributed by atoms with E-state index in [0.29, 0.717) is 10.7 Å². The topological polar surface area (TPSA) is 52.3 Å². The van der Waals surface area contributed by atoms with E-state index in [1.807, 2.05) is 30.3 Å². The maximum Gasteiger partial charge on any atom is 0.309 e. The largest absolute Gasteiger partial charge is 0.469 e. The molecular formula is C16H16ClNO2S. The van der Waals surface area contributed by atoms with Gasteiger partial charge in [0.25, 0.3) is 0 Å². The van der Waals surface area contributed by atoms with Crippen LogP contribution in [0.5, 0.6) is 0 Å². The fourth-order valence-corrected chi connectivity index (χ4v) is 3.18. The summed E-state index contributed by atoms with van der Waals surface area (Å²) in [5.74, 6) is 0.477. The van der Waals surface area contributed by atoms with Gasteiger partial charge in [0.1, 0.15) is 0 Å². The number of carbonyl (C=O) groups excluding carboxylic acids is 1. The number of methoxy groups -OCH3 is 1. The number of esters is 1. The predicted molar refractivity (Wildman–Crippen MR) is 87.6 cm³/mol. The molecule has 2 rings (SSSR count). The van der Waals surface area contributed by atoms with E-state index in [4.69, 9.17) is 22.1 Å². The normalized spacial score (nSPS) is 10.4. The van der Waals surface area contributed by atoms with Crippen molar-refractivity contribution in [3.05, 3.63) is 58.6 Å². The van der Waals surface area contributed by atoms with E-state index < -0.39 is 0 Å². The number of nitrogen functional groups attached to an aromatic ring is 1. The molecule has 0 aliphatic heterocycles. The minimum atomic E-state index is -0.241. The number of anilines is 1. The van der Waals surface area contributed by atoms with Crippen LogP contribution >= 0.6 is 23.4 Å². The van der Waals surface area contributed by atoms with Crippen LogP contribution in [0.25, 0.3) is 0 Å². The molecule has 0 aromatic heterocycles. The van der Waals surface area contributed by atoms with Crippen molar-refractivity contribution < 1.29 is 9.53 Å². The molecule has 0 aliphatic carbocycles. The Labute approximate surface area is 133 Å². The van der Waals surface area contributed by atoms with Gasteiger partial charge in [0, 0.05) is 16.3 Å². The summed E-state index contributed by atoms with van der Waals surface area (Å²) in [6.45, 7) is 0. The third-order valence-corrected chi connectivity index (χ3v) is 4.57. The van der Waals surface area contributed by atoms with Gasteiger partial charge in [0.05, 0.1) is 18.6 Å². The Balaban J connectivity index is 2.13. The van der Waals surface area contributed by atoms with Crippen molar-refractivity contribution in [1.29, 1.82) is 0 Å². The van der Waals surface area contributed by atoms with Crippen LogP contribution in [0.3, 0.4) is 0 Å². The zero-order chi connectivity index (χ0) is 15.2. The van der Waals surface area contributed by atoms with Gasteiger partial charge in [-0.15, -0.1) is 11.8 Å². The second-order valence-electron chi connectivity index (χ2n) is 4.50. The maximum atomic E-state index is 11.4. The van der Waals surface area contributed by atoms with Crippen LogP contribution in [-0.4, -0.2) is 13.1 Å². The minimum absolute atomic E-state index is 0.241. The Morgan fingerprint density at radius 1 is 1.24 bits per heavy atom. The van der Waals surface area contributed by atoms with Crippen molar-refractivity contribution in [2.45, 2.75) is 17.1 Å². The van der Waals surface area contributed by atoms with Crippen molar-refractivity contribution >= 4 is 35.0 Å². The lowest BCUT2D eigenvalue weighted by atomic mass is 10.1. The Hall–Kier alpha value is -1.65. The number of nitrogens with two attached hydrogens (primary N) is 1. The first-order chi connectivity index (χ1) is 10.1. The van der Waals surface area contributed by atoms with Gasteiger partial charge in [0.15, 0.2) is 0 Å². The van der Waals surface area contributed by atoms with Crippen LogP contribution < -0.4 is 5.73 Å². The second kappa shape index (κ2) is 7.38. The highest BCUT2D eigenvalue weighted by Crippen LogP contribution is 2.32. The van der Waals surface area contributed by atoms with Crippen molar-refractivity contribution in [2.75, 3.05) is 12.8 Å². The smallest absolute Gasteiger partial charge is 0.309 e. The molecule has 2 aromatic rings. The quantitative estimate of drug-likeness (QED) is 0.515. The fourth-order valence-electron chi connectivity index (χ4n) is 1.88. The number of hydrogen-bond acceptors (Lipinski definition) is 4. The third kappa shape index (κ3) is 4.41. The van der Waals surface area contributed by atoms with E-state index in [0.717, 1.165) is 21.8 Å². The molecule has 0 radical (unpaired) electrons. The van der Waals surface area contributed by atoms with Crippen LogP contribution in [0.15, 0.2) is 47.4 Å². The Morgan fingerprint density at radius 2 is 1.95 bits per heavy atom. The van der Waals surface area contributed by atoms with E-state index in [2.05, 4.69) is 0 Å². The molecule has 0 heterocycles. The van der Waals surface area contributed by atoms with E-state index in [1.165, 1.54) is 7.11 Å². The number of hydrogen-bond donors (Lipinski definition) is 1. The maximum absolute atomic E-state index is 11.4. The predicted octanol–water partition coefficient (Wildman–Crippen LogP) is 3.93. The summed E-state index contributed by atoms with van der Waals surface area (Å²) >= 11 is 7.76. The van der Waals surface area contributed by atoms with E-state index >= 15 is 0 Å². The monoisotopic (exact) mass is 321 g/mol. The summed E-state index contributed by atoms with van der Waals surface area (Å²) in [6.07, 6.45) is 0.276. The number of ether oxygens (including phenoxy) is 1. The van der Waals surface area contributed by atoms with Crippen LogP contribution in [0, 0.1) is 0 Å². The molecule has 2 N–H and O–H groups in total. The fraction of sp³-hybridized carbons (Fsp3) is 0.188. The molecular weight excluding hydrogens is 306 g/mol. The first-order valence-corrected chi connectivity index (χ1v) is 7.78. The lowest BCUT2D eigenvalue weighted by Gasteiger charge is -2.09. The molecule has 2 aromatic carbocycles. The first kappa shape index (κ1) is 15.7. The SMILES string of the molecule is COC(=O)Cc1ccccc1CSc1cc(N)ccc1Cl. The number of carbonyl (C=O) groups is 1. The first-order valence-electron chi connectivity index (χ1n) is 6.41. The Kier molecular flexibility index (Phi) is 5.53. The third-order valence-electron chi connectivity index (χ3n) is 3.02. The molecule has 0 atom stereocenters. The van der Waals surface area contributed by atoms with Gasteiger partial charge in [-0.25, -0.2) is 0 Å². The zero-order valence-electron chi connectivity index (χ0n) is 11.6. The molecule has 0 spiro atoms. The molecule has 0 amide bonds. The minimum Gasteiger partial charge on any atom is -0.469 e. The molecule has 5 heteroatoms. The van der Waals surface area contributed by atoms with Gasteiger partial charge in [-0.2, -0.15) is 0 Å². The highest BCUT2D eigenvalue weighted by Gasteiger charge is 2.09. The summed E-state index contributed by atoms with van der Waals surface area (Å²) in [5.41, 5.74) is 8.52. The highest BCUT2D eigenvalue weighted by molar-refractivity contribution is 7.98. The van der Waals surface area contributed by atoms with Gasteiger partial charge >= 0.3 is 5.97 Å². The van der Waals surface area contributed by atoms with Crippen molar-refractivity contribution in [2.24, 2.45) is 0 Å². The van der Waals surface area contributed by atoms with Gasteiger partial charge in [-0.3, -0.25) is 4.79 Å². The molecule has 0 unspecified atom stereocenters. The van der Waals surface area contributed by atoms with Crippen molar-refractivity contribution in [3.63, 3.8) is 0 Å². The van der Waals surface area contributed by atoms with E-state index in [-0.39, 0.29) is 12.4 Å². The molecule has 21 heavy (non-hydrogen) atoms. The van der Waals surface area contributed by atoms with Crippen LogP contribution in [0.2, 0.25) is 5.02 Å². The summed E-state index contributed by atoms with van der Waals surface area (Å²) < 4.78 is 4.72. The van der Waals surface area contributed by atoms with Crippen molar-refractivity contribution in [3.8, 4) is 0 Å². The van der Waals surface area contributed by atoms with Crippen LogP contribution in [0.4, 0.5) is 5.69 Å². The van der Waals surface area contributed by atoms with Gasteiger partial charge in [-0.05, 0) is 29.3 Å². The van der Waals surface area contributed by atoms with Gasteiger partial charge in [-0.1, -0.05) is 35.9 Å². The zero-order valence-corrected chi connectivity index (χ0v) is 13.2. The number of thioether (sulfide) groups is 1. The lowest BCUT2D eigenvalue weighted by Crippen LogP contribution is -2.06. The highest BCUT2D eigenvalue weighted by atomic mass is 35.5. The summed E-state index contributed by atoms with van der Waals surface area (Å²) in [7, 11) is 1.40. The Morgan fingerprint density at radius 3 is 2.67 bits per heavy atom. The summed E-state index contributed by atoms with van der Waals surface area (Å²) in [6, 6.07) is 13.2. The number of benzene rings is 2. The molecule has 110 valence electrons. The molecule has 0 bridgehead atoms. The van der Waals surface area contributed by atoms with E-state index in [1.54, 1.807) is 23.9 Å². The summed E-state index contributed by atoms with van der Waals surface area (Å²) in [4.78, 5) is 12.4. The standard InChI is InChI=1S/C16H16ClNO2S/c1-20-16(19)8-11-4-2-3-5-12(11)10-21-15-9-13(18)6-7-14(15)17/h2-7,9H,8,10,18H2,1H3. The average Bonchev–Trinajstić information content (AvgIpc) is 2.49.